The molecule has 0 aliphatic rings. The molecule has 1 heterocycles. The normalized spacial score (nSPS) is 10.5. The second kappa shape index (κ2) is 8.18. The van der Waals surface area contributed by atoms with Crippen LogP contribution >= 0.6 is 0 Å². The third kappa shape index (κ3) is 4.08. The van der Waals surface area contributed by atoms with Crippen molar-refractivity contribution in [1.82, 2.24) is 20.2 Å². The monoisotopic (exact) mass is 307 g/mol. The van der Waals surface area contributed by atoms with E-state index >= 15 is 0 Å². The average molecular weight is 307 g/mol. The first-order chi connectivity index (χ1) is 10.8. The second-order valence-electron chi connectivity index (χ2n) is 4.46. The van der Waals surface area contributed by atoms with Gasteiger partial charge in [0.25, 0.3) is 0 Å². The van der Waals surface area contributed by atoms with Crippen LogP contribution < -0.4 is 14.8 Å². The molecule has 22 heavy (non-hydrogen) atoms. The van der Waals surface area contributed by atoms with Crippen LogP contribution in [0.1, 0.15) is 19.4 Å². The number of nitrogens with one attached hydrogen (secondary N) is 1. The second-order valence-corrected chi connectivity index (χ2v) is 4.46. The molecule has 0 saturated carbocycles. The fourth-order valence-corrected chi connectivity index (χ4v) is 1.93. The van der Waals surface area contributed by atoms with E-state index in [-0.39, 0.29) is 13.2 Å². The van der Waals surface area contributed by atoms with Crippen molar-refractivity contribution in [2.75, 3.05) is 25.1 Å². The molecule has 1 aromatic heterocycles. The summed E-state index contributed by atoms with van der Waals surface area (Å²) >= 11 is 0. The Morgan fingerprint density at radius 3 is 2.82 bits per heavy atom. The minimum Gasteiger partial charge on any atom is -0.490 e. The van der Waals surface area contributed by atoms with Crippen LogP contribution in [0.2, 0.25) is 0 Å². The molecular weight excluding hydrogens is 286 g/mol. The van der Waals surface area contributed by atoms with Gasteiger partial charge in [-0.2, -0.15) is 0 Å². The van der Waals surface area contributed by atoms with Gasteiger partial charge in [-0.3, -0.25) is 0 Å². The van der Waals surface area contributed by atoms with Gasteiger partial charge in [-0.05, 0) is 42.0 Å². The minimum absolute atomic E-state index is 0.0332. The molecule has 8 heteroatoms. The van der Waals surface area contributed by atoms with E-state index in [1.165, 1.54) is 0 Å². The number of hydrogen-bond acceptors (Lipinski definition) is 7. The largest absolute Gasteiger partial charge is 0.490 e. The number of aryl methyl sites for hydroxylation is 1. The van der Waals surface area contributed by atoms with Crippen molar-refractivity contribution in [3.63, 3.8) is 0 Å². The third-order valence-corrected chi connectivity index (χ3v) is 2.94. The van der Waals surface area contributed by atoms with Crippen LogP contribution in [-0.2, 0) is 13.1 Å². The van der Waals surface area contributed by atoms with Gasteiger partial charge in [0.15, 0.2) is 11.5 Å². The van der Waals surface area contributed by atoms with Gasteiger partial charge in [0, 0.05) is 13.1 Å². The van der Waals surface area contributed by atoms with Gasteiger partial charge in [0.2, 0.25) is 5.95 Å². The molecule has 0 aliphatic heterocycles. The van der Waals surface area contributed by atoms with Crippen molar-refractivity contribution < 1.29 is 14.6 Å². The molecule has 0 amide bonds. The van der Waals surface area contributed by atoms with Crippen molar-refractivity contribution in [3.8, 4) is 11.5 Å². The lowest BCUT2D eigenvalue weighted by Gasteiger charge is -2.13. The van der Waals surface area contributed by atoms with Crippen LogP contribution in [-0.4, -0.2) is 45.1 Å². The smallest absolute Gasteiger partial charge is 0.243 e. The highest BCUT2D eigenvalue weighted by Gasteiger charge is 2.08. The Labute approximate surface area is 129 Å². The summed E-state index contributed by atoms with van der Waals surface area (Å²) in [6.45, 7) is 5.91. The lowest BCUT2D eigenvalue weighted by molar-refractivity contribution is 0.194. The Morgan fingerprint density at radius 1 is 1.23 bits per heavy atom. The van der Waals surface area contributed by atoms with Gasteiger partial charge in [0.05, 0.1) is 13.2 Å². The van der Waals surface area contributed by atoms with Gasteiger partial charge >= 0.3 is 0 Å². The highest BCUT2D eigenvalue weighted by Crippen LogP contribution is 2.28. The Balaban J connectivity index is 2.06. The minimum atomic E-state index is -0.0332. The number of benzene rings is 1. The number of aliphatic hydroxyl groups excluding tert-OH is 1. The first kappa shape index (κ1) is 16.0. The van der Waals surface area contributed by atoms with E-state index in [1.807, 2.05) is 32.0 Å². The van der Waals surface area contributed by atoms with E-state index in [9.17, 15) is 0 Å². The third-order valence-electron chi connectivity index (χ3n) is 2.94. The Hall–Kier alpha value is -2.35. The van der Waals surface area contributed by atoms with Crippen LogP contribution in [0.3, 0.4) is 0 Å². The summed E-state index contributed by atoms with van der Waals surface area (Å²) in [5, 5.41) is 23.5. The van der Waals surface area contributed by atoms with Crippen LogP contribution in [0.15, 0.2) is 18.2 Å². The molecule has 2 aromatic rings. The SMILES string of the molecule is CCOc1cc(CNc2nnnn2CC)ccc1OCCO. The fraction of sp³-hybridized carbons (Fsp3) is 0.500. The number of ether oxygens (including phenoxy) is 2. The predicted octanol–water partition coefficient (Wildman–Crippen LogP) is 1.07. The summed E-state index contributed by atoms with van der Waals surface area (Å²) in [4.78, 5) is 0. The van der Waals surface area contributed by atoms with Gasteiger partial charge in [-0.1, -0.05) is 11.2 Å². The molecule has 8 nitrogen and oxygen atoms in total. The highest BCUT2D eigenvalue weighted by molar-refractivity contribution is 5.44. The Morgan fingerprint density at radius 2 is 2.09 bits per heavy atom. The highest BCUT2D eigenvalue weighted by atomic mass is 16.5. The summed E-state index contributed by atoms with van der Waals surface area (Å²) in [6.07, 6.45) is 0. The molecule has 0 bridgehead atoms. The van der Waals surface area contributed by atoms with Crippen molar-refractivity contribution in [2.24, 2.45) is 0 Å². The van der Waals surface area contributed by atoms with Crippen molar-refractivity contribution >= 4 is 5.95 Å². The summed E-state index contributed by atoms with van der Waals surface area (Å²) in [7, 11) is 0. The van der Waals surface area contributed by atoms with Crippen molar-refractivity contribution in [2.45, 2.75) is 26.9 Å². The molecule has 0 saturated heterocycles. The number of rotatable bonds is 9. The zero-order valence-electron chi connectivity index (χ0n) is 12.8. The molecule has 0 fully saturated rings. The zero-order chi connectivity index (χ0) is 15.8. The molecule has 0 atom stereocenters. The summed E-state index contributed by atoms with van der Waals surface area (Å²) in [6, 6.07) is 5.67. The number of tetrazole rings is 1. The number of anilines is 1. The number of aliphatic hydroxyl groups is 1. The van der Waals surface area contributed by atoms with Gasteiger partial charge in [0.1, 0.15) is 6.61 Å². The summed E-state index contributed by atoms with van der Waals surface area (Å²) in [5.41, 5.74) is 1.02. The lowest BCUT2D eigenvalue weighted by atomic mass is 10.2. The standard InChI is InChI=1S/C14H21N5O3/c1-3-19-14(16-17-18-19)15-10-11-5-6-12(22-8-7-20)13(9-11)21-4-2/h5-6,9,20H,3-4,7-8,10H2,1-2H3,(H,15,16,18). The van der Waals surface area contributed by atoms with Crippen LogP contribution in [0.5, 0.6) is 11.5 Å². The topological polar surface area (TPSA) is 94.3 Å². The number of hydrogen-bond donors (Lipinski definition) is 2. The van der Waals surface area contributed by atoms with E-state index in [1.54, 1.807) is 4.68 Å². The molecular formula is C14H21N5O3. The first-order valence-electron chi connectivity index (χ1n) is 7.27. The van der Waals surface area contributed by atoms with Crippen molar-refractivity contribution in [1.29, 1.82) is 0 Å². The molecule has 2 rings (SSSR count). The maximum absolute atomic E-state index is 8.85. The van der Waals surface area contributed by atoms with Crippen LogP contribution in [0.25, 0.3) is 0 Å². The number of aromatic nitrogens is 4. The maximum Gasteiger partial charge on any atom is 0.243 e. The van der Waals surface area contributed by atoms with E-state index in [0.717, 1.165) is 5.56 Å². The Bertz CT molecular complexity index is 588. The van der Waals surface area contributed by atoms with E-state index in [4.69, 9.17) is 14.6 Å². The lowest BCUT2D eigenvalue weighted by Crippen LogP contribution is -2.08. The van der Waals surface area contributed by atoms with Gasteiger partial charge in [-0.15, -0.1) is 0 Å². The van der Waals surface area contributed by atoms with Crippen LogP contribution in [0.4, 0.5) is 5.95 Å². The van der Waals surface area contributed by atoms with E-state index in [0.29, 0.717) is 37.1 Å². The zero-order valence-corrected chi connectivity index (χ0v) is 12.8. The summed E-state index contributed by atoms with van der Waals surface area (Å²) < 4.78 is 12.7. The molecule has 0 unspecified atom stereocenters. The molecule has 0 aliphatic carbocycles. The van der Waals surface area contributed by atoms with Gasteiger partial charge < -0.3 is 19.9 Å². The quantitative estimate of drug-likeness (QED) is 0.715. The maximum atomic E-state index is 8.85. The van der Waals surface area contributed by atoms with Crippen LogP contribution in [0, 0.1) is 0 Å². The summed E-state index contributed by atoms with van der Waals surface area (Å²) in [5.74, 6) is 1.91. The average Bonchev–Trinajstić information content (AvgIpc) is 3.00. The van der Waals surface area contributed by atoms with Crippen molar-refractivity contribution in [3.05, 3.63) is 23.8 Å². The van der Waals surface area contributed by atoms with E-state index in [2.05, 4.69) is 20.8 Å². The molecule has 0 spiro atoms. The predicted molar refractivity (Wildman–Crippen MR) is 81.0 cm³/mol. The van der Waals surface area contributed by atoms with Gasteiger partial charge in [-0.25, -0.2) is 4.68 Å². The fourth-order valence-electron chi connectivity index (χ4n) is 1.93. The van der Waals surface area contributed by atoms with E-state index < -0.39 is 0 Å². The molecule has 120 valence electrons. The Kier molecular flexibility index (Phi) is 5.96. The molecule has 0 radical (unpaired) electrons. The first-order valence-corrected chi connectivity index (χ1v) is 7.27. The number of nitrogens with zero attached hydrogens (tertiary/aromatic N) is 4. The molecule has 2 N–H and O–H groups in total. The molecule has 1 aromatic carbocycles.